The van der Waals surface area contributed by atoms with E-state index in [-0.39, 0.29) is 0 Å². The van der Waals surface area contributed by atoms with Crippen LogP contribution < -0.4 is 5.32 Å². The number of hydrogen-bond acceptors (Lipinski definition) is 4. The molecule has 1 saturated carbocycles. The third-order valence-corrected chi connectivity index (χ3v) is 3.69. The Hall–Kier alpha value is -0.900. The van der Waals surface area contributed by atoms with E-state index in [2.05, 4.69) is 22.4 Å². The van der Waals surface area contributed by atoms with Gasteiger partial charge in [0.05, 0.1) is 0 Å². The number of aromatic nitrogens is 2. The predicted octanol–water partition coefficient (Wildman–Crippen LogP) is 2.73. The molecule has 1 N–H and O–H groups in total. The molecule has 1 aromatic heterocycles. The molecule has 0 radical (unpaired) electrons. The molecule has 0 unspecified atom stereocenters. The van der Waals surface area contributed by atoms with Crippen molar-refractivity contribution in [2.45, 2.75) is 58.3 Å². The summed E-state index contributed by atoms with van der Waals surface area (Å²) in [5.74, 6) is 2.50. The van der Waals surface area contributed by atoms with Crippen molar-refractivity contribution in [3.8, 4) is 0 Å². The Morgan fingerprint density at radius 2 is 1.83 bits per heavy atom. The maximum atomic E-state index is 5.66. The number of hydrogen-bond donors (Lipinski definition) is 1. The SMILES string of the molecule is CCCNCCc1nnc(CCC2CCCC2)o1. The van der Waals surface area contributed by atoms with E-state index in [4.69, 9.17) is 4.42 Å². The fourth-order valence-corrected chi connectivity index (χ4v) is 2.61. The van der Waals surface area contributed by atoms with Gasteiger partial charge in [0.15, 0.2) is 0 Å². The zero-order chi connectivity index (χ0) is 12.6. The van der Waals surface area contributed by atoms with E-state index >= 15 is 0 Å². The molecule has 18 heavy (non-hydrogen) atoms. The van der Waals surface area contributed by atoms with E-state index in [1.54, 1.807) is 0 Å². The lowest BCUT2D eigenvalue weighted by Gasteiger charge is -2.05. The van der Waals surface area contributed by atoms with Crippen LogP contribution in [0, 0.1) is 5.92 Å². The smallest absolute Gasteiger partial charge is 0.217 e. The van der Waals surface area contributed by atoms with Gasteiger partial charge in [-0.3, -0.25) is 0 Å². The van der Waals surface area contributed by atoms with Gasteiger partial charge in [-0.25, -0.2) is 0 Å². The van der Waals surface area contributed by atoms with Crippen molar-refractivity contribution in [3.63, 3.8) is 0 Å². The summed E-state index contributed by atoms with van der Waals surface area (Å²) >= 11 is 0. The lowest BCUT2D eigenvalue weighted by Crippen LogP contribution is -2.17. The van der Waals surface area contributed by atoms with Gasteiger partial charge in [-0.1, -0.05) is 32.6 Å². The van der Waals surface area contributed by atoms with Gasteiger partial charge in [-0.05, 0) is 25.3 Å². The molecule has 1 fully saturated rings. The molecule has 0 amide bonds. The minimum absolute atomic E-state index is 0.778. The van der Waals surface area contributed by atoms with Crippen LogP contribution in [0.25, 0.3) is 0 Å². The quantitative estimate of drug-likeness (QED) is 0.722. The van der Waals surface area contributed by atoms with Crippen molar-refractivity contribution in [2.24, 2.45) is 5.92 Å². The zero-order valence-electron chi connectivity index (χ0n) is 11.5. The highest BCUT2D eigenvalue weighted by Crippen LogP contribution is 2.28. The summed E-state index contributed by atoms with van der Waals surface area (Å²) in [6.07, 6.45) is 9.78. The fourth-order valence-electron chi connectivity index (χ4n) is 2.61. The van der Waals surface area contributed by atoms with Crippen LogP contribution in [0.15, 0.2) is 4.42 Å². The van der Waals surface area contributed by atoms with E-state index in [9.17, 15) is 0 Å². The molecule has 0 bridgehead atoms. The third kappa shape index (κ3) is 4.41. The molecule has 4 nitrogen and oxygen atoms in total. The van der Waals surface area contributed by atoms with Gasteiger partial charge in [0.25, 0.3) is 0 Å². The molecule has 1 aliphatic carbocycles. The Balaban J connectivity index is 1.65. The Kier molecular flexibility index (Phi) is 5.65. The van der Waals surface area contributed by atoms with Crippen molar-refractivity contribution in [1.29, 1.82) is 0 Å². The van der Waals surface area contributed by atoms with Crippen LogP contribution in [-0.4, -0.2) is 23.3 Å². The Morgan fingerprint density at radius 1 is 1.11 bits per heavy atom. The summed E-state index contributed by atoms with van der Waals surface area (Å²) < 4.78 is 5.66. The van der Waals surface area contributed by atoms with E-state index in [0.29, 0.717) is 0 Å². The molecule has 1 heterocycles. The number of nitrogens with zero attached hydrogens (tertiary/aromatic N) is 2. The van der Waals surface area contributed by atoms with Crippen molar-refractivity contribution >= 4 is 0 Å². The maximum Gasteiger partial charge on any atom is 0.217 e. The molecule has 0 spiro atoms. The Bertz CT molecular complexity index is 332. The molecule has 0 atom stereocenters. The number of rotatable bonds is 8. The second kappa shape index (κ2) is 7.52. The summed E-state index contributed by atoms with van der Waals surface area (Å²) in [4.78, 5) is 0. The second-order valence-electron chi connectivity index (χ2n) is 5.28. The predicted molar refractivity (Wildman–Crippen MR) is 71.4 cm³/mol. The van der Waals surface area contributed by atoms with Gasteiger partial charge in [0.2, 0.25) is 11.8 Å². The van der Waals surface area contributed by atoms with Gasteiger partial charge in [0.1, 0.15) is 0 Å². The number of aryl methyl sites for hydroxylation is 1. The fraction of sp³-hybridized carbons (Fsp3) is 0.857. The van der Waals surface area contributed by atoms with Crippen LogP contribution in [-0.2, 0) is 12.8 Å². The van der Waals surface area contributed by atoms with Crippen LogP contribution >= 0.6 is 0 Å². The molecular formula is C14H25N3O. The highest BCUT2D eigenvalue weighted by Gasteiger charge is 2.16. The van der Waals surface area contributed by atoms with Crippen molar-refractivity contribution in [1.82, 2.24) is 15.5 Å². The molecule has 0 aromatic carbocycles. The van der Waals surface area contributed by atoms with Gasteiger partial charge >= 0.3 is 0 Å². The molecule has 4 heteroatoms. The monoisotopic (exact) mass is 251 g/mol. The van der Waals surface area contributed by atoms with Crippen LogP contribution in [0.2, 0.25) is 0 Å². The van der Waals surface area contributed by atoms with Gasteiger partial charge in [-0.15, -0.1) is 10.2 Å². The largest absolute Gasteiger partial charge is 0.425 e. The lowest BCUT2D eigenvalue weighted by molar-refractivity contribution is 0.413. The van der Waals surface area contributed by atoms with Gasteiger partial charge in [0, 0.05) is 19.4 Å². The first-order valence-corrected chi connectivity index (χ1v) is 7.40. The van der Waals surface area contributed by atoms with Gasteiger partial charge < -0.3 is 9.73 Å². The third-order valence-electron chi connectivity index (χ3n) is 3.69. The molecule has 2 rings (SSSR count). The average Bonchev–Trinajstić information content (AvgIpc) is 3.03. The Morgan fingerprint density at radius 3 is 2.56 bits per heavy atom. The molecule has 1 aliphatic rings. The molecule has 102 valence electrons. The normalized spacial score (nSPS) is 16.5. The maximum absolute atomic E-state index is 5.66. The number of nitrogens with one attached hydrogen (secondary N) is 1. The van der Waals surface area contributed by atoms with Crippen LogP contribution in [0.1, 0.15) is 57.2 Å². The molecule has 0 saturated heterocycles. The van der Waals surface area contributed by atoms with Gasteiger partial charge in [-0.2, -0.15) is 0 Å². The van der Waals surface area contributed by atoms with Crippen molar-refractivity contribution < 1.29 is 4.42 Å². The van der Waals surface area contributed by atoms with E-state index < -0.39 is 0 Å². The van der Waals surface area contributed by atoms with E-state index in [0.717, 1.165) is 50.1 Å². The summed E-state index contributed by atoms with van der Waals surface area (Å²) in [6, 6.07) is 0. The minimum atomic E-state index is 0.778. The molecular weight excluding hydrogens is 226 g/mol. The first-order valence-electron chi connectivity index (χ1n) is 7.40. The minimum Gasteiger partial charge on any atom is -0.425 e. The van der Waals surface area contributed by atoms with Crippen LogP contribution in [0.4, 0.5) is 0 Å². The highest BCUT2D eigenvalue weighted by atomic mass is 16.4. The first kappa shape index (κ1) is 13.5. The summed E-state index contributed by atoms with van der Waals surface area (Å²) in [5.41, 5.74) is 0. The molecule has 0 aliphatic heterocycles. The Labute approximate surface area is 110 Å². The lowest BCUT2D eigenvalue weighted by atomic mass is 10.0. The standard InChI is InChI=1S/C14H25N3O/c1-2-10-15-11-9-14-17-16-13(18-14)8-7-12-5-3-4-6-12/h12,15H,2-11H2,1H3. The zero-order valence-corrected chi connectivity index (χ0v) is 11.5. The van der Waals surface area contributed by atoms with Crippen LogP contribution in [0.3, 0.4) is 0 Å². The highest BCUT2D eigenvalue weighted by molar-refractivity contribution is 4.84. The van der Waals surface area contributed by atoms with Crippen LogP contribution in [0.5, 0.6) is 0 Å². The topological polar surface area (TPSA) is 51.0 Å². The van der Waals surface area contributed by atoms with E-state index in [1.807, 2.05) is 0 Å². The van der Waals surface area contributed by atoms with E-state index in [1.165, 1.54) is 32.1 Å². The molecule has 1 aromatic rings. The second-order valence-corrected chi connectivity index (χ2v) is 5.28. The average molecular weight is 251 g/mol. The van der Waals surface area contributed by atoms with Crippen molar-refractivity contribution in [3.05, 3.63) is 11.8 Å². The van der Waals surface area contributed by atoms with Crippen molar-refractivity contribution in [2.75, 3.05) is 13.1 Å². The first-order chi connectivity index (χ1) is 8.88. The summed E-state index contributed by atoms with van der Waals surface area (Å²) in [5, 5.41) is 11.6. The summed E-state index contributed by atoms with van der Waals surface area (Å²) in [7, 11) is 0. The summed E-state index contributed by atoms with van der Waals surface area (Å²) in [6.45, 7) is 4.15.